The predicted octanol–water partition coefficient (Wildman–Crippen LogP) is 20.5. The maximum Gasteiger partial charge on any atom is 0.0726 e. The first-order chi connectivity index (χ1) is 37.0. The molecule has 3 aromatic heterocycles. The molecule has 0 N–H and O–H groups in total. The number of hydrogen-bond acceptors (Lipinski definition) is 1. The molecule has 0 aliphatic heterocycles. The van der Waals surface area contributed by atoms with Gasteiger partial charge in [-0.1, -0.05) is 188 Å². The van der Waals surface area contributed by atoms with E-state index in [0.717, 1.165) is 0 Å². The Morgan fingerprint density at radius 2 is 0.773 bits per heavy atom. The monoisotopic (exact) mass is 970 g/mol. The van der Waals surface area contributed by atoms with E-state index in [1.54, 1.807) is 0 Å². The highest BCUT2D eigenvalue weighted by molar-refractivity contribution is 7.27. The van der Waals surface area contributed by atoms with Gasteiger partial charge in [0.1, 0.15) is 0 Å². The first kappa shape index (κ1) is 42.2. The maximum absolute atomic E-state index is 2.54. The molecule has 75 heavy (non-hydrogen) atoms. The van der Waals surface area contributed by atoms with Crippen molar-refractivity contribution in [1.82, 2.24) is 9.13 Å². The number of nitrogens with zero attached hydrogens (tertiary/aromatic N) is 2. The minimum Gasteiger partial charge on any atom is -0.309 e. The van der Waals surface area contributed by atoms with Gasteiger partial charge in [-0.2, -0.15) is 0 Å². The Bertz CT molecular complexity index is 5080. The summed E-state index contributed by atoms with van der Waals surface area (Å²) in [4.78, 5) is 0. The Morgan fingerprint density at radius 1 is 0.320 bits per heavy atom. The molecule has 0 amide bonds. The Hall–Kier alpha value is -9.28. The summed E-state index contributed by atoms with van der Waals surface area (Å²) in [5.74, 6) is 0. The van der Waals surface area contributed by atoms with Crippen molar-refractivity contribution in [3.8, 4) is 44.8 Å². The number of hydrogen-bond donors (Lipinski definition) is 0. The van der Waals surface area contributed by atoms with E-state index in [2.05, 4.69) is 266 Å². The SMILES string of the molecule is Cc1ccccc1-c1c(C)c2c(c3ccccc13)c1cc(-c3ccc(-c4ccc5c(c4)c4c6ccccc6c6c7ccccc7sc6c4n5-c4ccc5ccccc5c4)cc3)ccc1n2-c1ccc2ccccc2c1. The van der Waals surface area contributed by atoms with Crippen molar-refractivity contribution in [2.45, 2.75) is 13.8 Å². The number of rotatable bonds is 5. The number of thiophene rings is 1. The lowest BCUT2D eigenvalue weighted by Crippen LogP contribution is -1.98. The van der Waals surface area contributed by atoms with Crippen LogP contribution in [0.2, 0.25) is 0 Å². The van der Waals surface area contributed by atoms with Crippen LogP contribution >= 0.6 is 11.3 Å². The number of fused-ring (bicyclic) bond motifs is 17. The zero-order valence-electron chi connectivity index (χ0n) is 41.4. The van der Waals surface area contributed by atoms with E-state index in [1.165, 1.54) is 163 Å². The van der Waals surface area contributed by atoms with Gasteiger partial charge in [-0.25, -0.2) is 0 Å². The summed E-state index contributed by atoms with van der Waals surface area (Å²) in [6.45, 7) is 4.57. The van der Waals surface area contributed by atoms with Crippen molar-refractivity contribution in [2.75, 3.05) is 0 Å². The van der Waals surface area contributed by atoms with Crippen molar-refractivity contribution in [3.63, 3.8) is 0 Å². The van der Waals surface area contributed by atoms with E-state index < -0.39 is 0 Å². The first-order valence-corrected chi connectivity index (χ1v) is 26.8. The molecule has 16 rings (SSSR count). The van der Waals surface area contributed by atoms with Crippen LogP contribution in [0, 0.1) is 13.8 Å². The lowest BCUT2D eigenvalue weighted by molar-refractivity contribution is 1.17. The highest BCUT2D eigenvalue weighted by atomic mass is 32.1. The molecule has 3 heteroatoms. The van der Waals surface area contributed by atoms with Crippen LogP contribution in [0.3, 0.4) is 0 Å². The minimum absolute atomic E-state index is 1.17. The summed E-state index contributed by atoms with van der Waals surface area (Å²) < 4.78 is 7.70. The molecule has 0 spiro atoms. The van der Waals surface area contributed by atoms with Gasteiger partial charge in [-0.3, -0.25) is 0 Å². The zero-order chi connectivity index (χ0) is 49.5. The molecule has 0 aliphatic rings. The van der Waals surface area contributed by atoms with Crippen LogP contribution in [0.5, 0.6) is 0 Å². The van der Waals surface area contributed by atoms with E-state index in [0.29, 0.717) is 0 Å². The van der Waals surface area contributed by atoms with Crippen LogP contribution in [0.25, 0.3) is 152 Å². The lowest BCUT2D eigenvalue weighted by atomic mass is 9.88. The molecule has 0 saturated carbocycles. The van der Waals surface area contributed by atoms with Gasteiger partial charge >= 0.3 is 0 Å². The van der Waals surface area contributed by atoms with E-state index >= 15 is 0 Å². The van der Waals surface area contributed by atoms with E-state index in [9.17, 15) is 0 Å². The second-order valence-corrected chi connectivity index (χ2v) is 21.5. The molecule has 0 atom stereocenters. The third-order valence-corrected chi connectivity index (χ3v) is 17.5. The zero-order valence-corrected chi connectivity index (χ0v) is 42.2. The van der Waals surface area contributed by atoms with Gasteiger partial charge < -0.3 is 9.13 Å². The topological polar surface area (TPSA) is 9.86 Å². The van der Waals surface area contributed by atoms with Gasteiger partial charge in [0.2, 0.25) is 0 Å². The van der Waals surface area contributed by atoms with Crippen molar-refractivity contribution < 1.29 is 0 Å². The van der Waals surface area contributed by atoms with Crippen molar-refractivity contribution >= 4 is 118 Å². The van der Waals surface area contributed by atoms with E-state index in [-0.39, 0.29) is 0 Å². The molecule has 2 nitrogen and oxygen atoms in total. The fraction of sp³-hybridized carbons (Fsp3) is 0.0278. The fourth-order valence-corrected chi connectivity index (χ4v) is 14.2. The smallest absolute Gasteiger partial charge is 0.0726 e. The largest absolute Gasteiger partial charge is 0.309 e. The summed E-state index contributed by atoms with van der Waals surface area (Å²) in [6.07, 6.45) is 0. The lowest BCUT2D eigenvalue weighted by Gasteiger charge is -2.17. The number of aryl methyl sites for hydroxylation is 2. The number of aromatic nitrogens is 2. The molecule has 0 unspecified atom stereocenters. The standard InChI is InChI=1S/C72H46N2S/c1-43-15-3-8-20-55(43)66-44(2)70-67(57-22-10-9-21-56(57)66)61-41-51(33-37-63(61)73(70)53-35-31-45-16-4-6-18-49(45)39-53)47-27-29-48(30-28-47)52-34-38-64-62(42-52)68-58-23-11-12-24-59(58)69-60-25-13-14-26-65(60)75-72(69)71(68)74(64)54-36-32-46-17-5-7-19-50(46)40-54/h3-42H,1-2H3. The van der Waals surface area contributed by atoms with Gasteiger partial charge in [-0.05, 0) is 156 Å². The summed E-state index contributed by atoms with van der Waals surface area (Å²) in [5.41, 5.74) is 17.2. The van der Waals surface area contributed by atoms with Crippen LogP contribution in [-0.4, -0.2) is 9.13 Å². The summed E-state index contributed by atoms with van der Waals surface area (Å²) in [5, 5.41) is 17.9. The Balaban J connectivity index is 0.888. The summed E-state index contributed by atoms with van der Waals surface area (Å²) in [7, 11) is 0. The molecule has 0 aliphatic carbocycles. The van der Waals surface area contributed by atoms with Crippen LogP contribution in [0.4, 0.5) is 0 Å². The van der Waals surface area contributed by atoms with Crippen molar-refractivity contribution in [2.24, 2.45) is 0 Å². The summed E-state index contributed by atoms with van der Waals surface area (Å²) >= 11 is 1.91. The highest BCUT2D eigenvalue weighted by Crippen LogP contribution is 2.50. The van der Waals surface area contributed by atoms with Gasteiger partial charge in [0.25, 0.3) is 0 Å². The molecular weight excluding hydrogens is 925 g/mol. The molecule has 0 bridgehead atoms. The second kappa shape index (κ2) is 16.1. The van der Waals surface area contributed by atoms with Crippen molar-refractivity contribution in [3.05, 3.63) is 254 Å². The second-order valence-electron chi connectivity index (χ2n) is 20.4. The van der Waals surface area contributed by atoms with Crippen LogP contribution in [-0.2, 0) is 0 Å². The third kappa shape index (κ3) is 6.20. The van der Waals surface area contributed by atoms with Gasteiger partial charge in [0.05, 0.1) is 26.8 Å². The Labute approximate surface area is 437 Å². The molecule has 3 heterocycles. The van der Waals surface area contributed by atoms with Crippen LogP contribution in [0.1, 0.15) is 11.1 Å². The molecule has 0 saturated heterocycles. The Morgan fingerprint density at radius 3 is 1.37 bits per heavy atom. The average molecular weight is 971 g/mol. The molecule has 350 valence electrons. The molecule has 16 aromatic rings. The normalized spacial score (nSPS) is 12.1. The van der Waals surface area contributed by atoms with Gasteiger partial charge in [-0.15, -0.1) is 11.3 Å². The average Bonchev–Trinajstić information content (AvgIpc) is 4.28. The molecule has 0 fully saturated rings. The maximum atomic E-state index is 2.54. The van der Waals surface area contributed by atoms with Crippen LogP contribution < -0.4 is 0 Å². The van der Waals surface area contributed by atoms with E-state index in [1.807, 2.05) is 11.3 Å². The van der Waals surface area contributed by atoms with E-state index in [4.69, 9.17) is 0 Å². The van der Waals surface area contributed by atoms with Gasteiger partial charge in [0, 0.05) is 48.4 Å². The van der Waals surface area contributed by atoms with Crippen LogP contribution in [0.15, 0.2) is 243 Å². The number of benzene rings is 13. The fourth-order valence-electron chi connectivity index (χ4n) is 12.9. The third-order valence-electron chi connectivity index (χ3n) is 16.4. The minimum atomic E-state index is 1.17. The Kier molecular flexibility index (Phi) is 9.07. The molecular formula is C72H46N2S. The van der Waals surface area contributed by atoms with Crippen molar-refractivity contribution in [1.29, 1.82) is 0 Å². The highest BCUT2D eigenvalue weighted by Gasteiger charge is 2.25. The first-order valence-electron chi connectivity index (χ1n) is 26.0. The molecule has 13 aromatic carbocycles. The predicted molar refractivity (Wildman–Crippen MR) is 324 cm³/mol. The molecule has 0 radical (unpaired) electrons. The van der Waals surface area contributed by atoms with Gasteiger partial charge in [0.15, 0.2) is 0 Å². The quantitative estimate of drug-likeness (QED) is 0.163. The summed E-state index contributed by atoms with van der Waals surface area (Å²) in [6, 6.07) is 90.6.